The Balaban J connectivity index is 2.08. The third kappa shape index (κ3) is 3.81. The van der Waals surface area contributed by atoms with Crippen molar-refractivity contribution >= 4 is 5.69 Å². The van der Waals surface area contributed by atoms with Crippen molar-refractivity contribution in [2.24, 2.45) is 0 Å². The molecule has 0 atom stereocenters. The van der Waals surface area contributed by atoms with E-state index in [0.717, 1.165) is 17.7 Å². The molecule has 2 aromatic carbocycles. The Bertz CT molecular complexity index is 627. The lowest BCUT2D eigenvalue weighted by Crippen LogP contribution is -2.06. The Hall–Kier alpha value is -2.37. The minimum Gasteiger partial charge on any atom is -0.504 e. The molecule has 0 aliphatic carbocycles. The van der Waals surface area contributed by atoms with Gasteiger partial charge in [0.1, 0.15) is 0 Å². The second-order valence-corrected chi connectivity index (χ2v) is 4.44. The average molecular weight is 297 g/mol. The minimum absolute atomic E-state index is 0.0131. The van der Waals surface area contributed by atoms with Crippen LogP contribution >= 0.6 is 0 Å². The highest BCUT2D eigenvalue weighted by atomic mass is 19.4. The van der Waals surface area contributed by atoms with Crippen molar-refractivity contribution in [3.63, 3.8) is 0 Å². The number of ether oxygens (including phenoxy) is 1. The lowest BCUT2D eigenvalue weighted by molar-refractivity contribution is -0.137. The number of phenolic OH excluding ortho intramolecular Hbond substituents is 1. The number of methoxy groups -OCH3 is 1. The summed E-state index contributed by atoms with van der Waals surface area (Å²) < 4.78 is 42.7. The van der Waals surface area contributed by atoms with Crippen molar-refractivity contribution < 1.29 is 23.0 Å². The van der Waals surface area contributed by atoms with Crippen LogP contribution in [0.5, 0.6) is 11.5 Å². The zero-order valence-corrected chi connectivity index (χ0v) is 11.2. The van der Waals surface area contributed by atoms with Crippen LogP contribution in [-0.4, -0.2) is 12.2 Å². The van der Waals surface area contributed by atoms with Crippen LogP contribution in [-0.2, 0) is 12.7 Å². The van der Waals surface area contributed by atoms with E-state index in [0.29, 0.717) is 18.0 Å². The molecule has 2 aromatic rings. The first-order chi connectivity index (χ1) is 9.90. The zero-order valence-electron chi connectivity index (χ0n) is 11.2. The summed E-state index contributed by atoms with van der Waals surface area (Å²) in [7, 11) is 1.44. The van der Waals surface area contributed by atoms with Gasteiger partial charge < -0.3 is 15.2 Å². The van der Waals surface area contributed by atoms with Gasteiger partial charge in [-0.2, -0.15) is 13.2 Å². The standard InChI is InChI=1S/C15H14F3NO2/c1-21-14-6-5-10(7-13(14)20)9-19-12-4-2-3-11(8-12)15(16,17)18/h2-8,19-20H,9H2,1H3. The lowest BCUT2D eigenvalue weighted by atomic mass is 10.1. The van der Waals surface area contributed by atoms with Gasteiger partial charge in [-0.3, -0.25) is 0 Å². The fourth-order valence-corrected chi connectivity index (χ4v) is 1.86. The van der Waals surface area contributed by atoms with Gasteiger partial charge in [0.2, 0.25) is 0 Å². The number of alkyl halides is 3. The molecule has 0 saturated heterocycles. The fraction of sp³-hybridized carbons (Fsp3) is 0.200. The van der Waals surface area contributed by atoms with Crippen LogP contribution in [0.15, 0.2) is 42.5 Å². The highest BCUT2D eigenvalue weighted by molar-refractivity contribution is 5.48. The molecule has 0 bridgehead atoms. The average Bonchev–Trinajstić information content (AvgIpc) is 2.45. The maximum atomic E-state index is 12.6. The molecule has 2 N–H and O–H groups in total. The van der Waals surface area contributed by atoms with Crippen molar-refractivity contribution in [2.75, 3.05) is 12.4 Å². The highest BCUT2D eigenvalue weighted by Crippen LogP contribution is 2.31. The van der Waals surface area contributed by atoms with Crippen LogP contribution in [0.25, 0.3) is 0 Å². The van der Waals surface area contributed by atoms with E-state index < -0.39 is 11.7 Å². The number of halogens is 3. The molecule has 0 saturated carbocycles. The van der Waals surface area contributed by atoms with Gasteiger partial charge in [0.05, 0.1) is 12.7 Å². The molecule has 3 nitrogen and oxygen atoms in total. The van der Waals surface area contributed by atoms with Gasteiger partial charge in [-0.05, 0) is 35.9 Å². The maximum absolute atomic E-state index is 12.6. The van der Waals surface area contributed by atoms with Crippen LogP contribution in [0.2, 0.25) is 0 Å². The molecular weight excluding hydrogens is 283 g/mol. The molecule has 112 valence electrons. The van der Waals surface area contributed by atoms with Crippen LogP contribution in [0.3, 0.4) is 0 Å². The number of benzene rings is 2. The molecule has 0 fully saturated rings. The molecule has 0 amide bonds. The second kappa shape index (κ2) is 5.95. The Morgan fingerprint density at radius 1 is 1.14 bits per heavy atom. The van der Waals surface area contributed by atoms with Crippen molar-refractivity contribution in [1.82, 2.24) is 0 Å². The molecule has 6 heteroatoms. The highest BCUT2D eigenvalue weighted by Gasteiger charge is 2.30. The first kappa shape index (κ1) is 15.0. The van der Waals surface area contributed by atoms with Crippen LogP contribution in [0.4, 0.5) is 18.9 Å². The molecule has 0 aromatic heterocycles. The van der Waals surface area contributed by atoms with Gasteiger partial charge in [-0.25, -0.2) is 0 Å². The monoisotopic (exact) mass is 297 g/mol. The summed E-state index contributed by atoms with van der Waals surface area (Å²) in [6.07, 6.45) is -4.37. The zero-order chi connectivity index (χ0) is 15.5. The smallest absolute Gasteiger partial charge is 0.416 e. The fourth-order valence-electron chi connectivity index (χ4n) is 1.86. The topological polar surface area (TPSA) is 41.5 Å². The Morgan fingerprint density at radius 3 is 2.52 bits per heavy atom. The van der Waals surface area contributed by atoms with Crippen molar-refractivity contribution in [1.29, 1.82) is 0 Å². The first-order valence-electron chi connectivity index (χ1n) is 6.17. The number of hydrogen-bond donors (Lipinski definition) is 2. The SMILES string of the molecule is COc1ccc(CNc2cccc(C(F)(F)F)c2)cc1O. The molecule has 21 heavy (non-hydrogen) atoms. The summed E-state index contributed by atoms with van der Waals surface area (Å²) in [6.45, 7) is 0.291. The van der Waals surface area contributed by atoms with Crippen LogP contribution in [0.1, 0.15) is 11.1 Å². The Morgan fingerprint density at radius 2 is 1.90 bits per heavy atom. The van der Waals surface area contributed by atoms with Crippen molar-refractivity contribution in [2.45, 2.75) is 12.7 Å². The van der Waals surface area contributed by atoms with E-state index >= 15 is 0 Å². The van der Waals surface area contributed by atoms with Gasteiger partial charge in [-0.1, -0.05) is 12.1 Å². The molecule has 0 unspecified atom stereocenters. The number of hydrogen-bond acceptors (Lipinski definition) is 3. The number of anilines is 1. The summed E-state index contributed by atoms with van der Waals surface area (Å²) in [5.41, 5.74) is 0.385. The number of nitrogens with one attached hydrogen (secondary N) is 1. The largest absolute Gasteiger partial charge is 0.504 e. The first-order valence-corrected chi connectivity index (χ1v) is 6.17. The van der Waals surface area contributed by atoms with E-state index in [1.165, 1.54) is 19.2 Å². The number of rotatable bonds is 4. The molecule has 0 aliphatic rings. The van der Waals surface area contributed by atoms with E-state index in [2.05, 4.69) is 5.32 Å². The van der Waals surface area contributed by atoms with Crippen molar-refractivity contribution in [3.8, 4) is 11.5 Å². The van der Waals surface area contributed by atoms with Gasteiger partial charge in [0.25, 0.3) is 0 Å². The maximum Gasteiger partial charge on any atom is 0.416 e. The third-order valence-electron chi connectivity index (χ3n) is 2.93. The normalized spacial score (nSPS) is 11.2. The van der Waals surface area contributed by atoms with E-state index in [4.69, 9.17) is 4.74 Å². The molecule has 2 rings (SSSR count). The molecule has 0 spiro atoms. The van der Waals surface area contributed by atoms with E-state index in [1.807, 2.05) is 0 Å². The van der Waals surface area contributed by atoms with Gasteiger partial charge in [0.15, 0.2) is 11.5 Å². The summed E-state index contributed by atoms with van der Waals surface area (Å²) in [5, 5.41) is 12.5. The van der Waals surface area contributed by atoms with Gasteiger partial charge in [0, 0.05) is 12.2 Å². The number of phenols is 1. The quantitative estimate of drug-likeness (QED) is 0.895. The Labute approximate surface area is 120 Å². The van der Waals surface area contributed by atoms with Crippen LogP contribution in [0, 0.1) is 0 Å². The second-order valence-electron chi connectivity index (χ2n) is 4.44. The summed E-state index contributed by atoms with van der Waals surface area (Å²) in [4.78, 5) is 0. The third-order valence-corrected chi connectivity index (χ3v) is 2.93. The minimum atomic E-state index is -4.37. The summed E-state index contributed by atoms with van der Waals surface area (Å²) >= 11 is 0. The summed E-state index contributed by atoms with van der Waals surface area (Å²) in [6, 6.07) is 9.78. The van der Waals surface area contributed by atoms with Gasteiger partial charge in [-0.15, -0.1) is 0 Å². The van der Waals surface area contributed by atoms with E-state index in [-0.39, 0.29) is 5.75 Å². The predicted octanol–water partition coefficient (Wildman–Crippen LogP) is 4.03. The van der Waals surface area contributed by atoms with Crippen LogP contribution < -0.4 is 10.1 Å². The van der Waals surface area contributed by atoms with Crippen molar-refractivity contribution in [3.05, 3.63) is 53.6 Å². The summed E-state index contributed by atoms with van der Waals surface area (Å²) in [5.74, 6) is 0.332. The van der Waals surface area contributed by atoms with Gasteiger partial charge >= 0.3 is 6.18 Å². The molecule has 0 heterocycles. The molecular formula is C15H14F3NO2. The van der Waals surface area contributed by atoms with E-state index in [9.17, 15) is 18.3 Å². The predicted molar refractivity (Wildman–Crippen MR) is 73.4 cm³/mol. The van der Waals surface area contributed by atoms with E-state index in [1.54, 1.807) is 18.2 Å². The Kier molecular flexibility index (Phi) is 4.26. The molecule has 0 radical (unpaired) electrons. The lowest BCUT2D eigenvalue weighted by Gasteiger charge is -2.11. The molecule has 0 aliphatic heterocycles. The number of aromatic hydroxyl groups is 1.